The van der Waals surface area contributed by atoms with Gasteiger partial charge in [0.25, 0.3) is 23.1 Å². The molecule has 4 aromatic rings. The molecule has 0 radical (unpaired) electrons. The van der Waals surface area contributed by atoms with Gasteiger partial charge in [-0.15, -0.1) is 0 Å². The molecule has 1 unspecified atom stereocenters. The lowest BCUT2D eigenvalue weighted by molar-refractivity contribution is 0.0926. The molecule has 2 N–H and O–H groups in total. The summed E-state index contributed by atoms with van der Waals surface area (Å²) >= 11 is -2.11. The number of nitrogens with one attached hydrogen (secondary N) is 1. The highest BCUT2D eigenvalue weighted by atomic mass is 32.2. The Bertz CT molecular complexity index is 1470. The van der Waals surface area contributed by atoms with Crippen molar-refractivity contribution >= 4 is 46.1 Å². The normalized spacial score (nSPS) is 13.4. The number of aromatic nitrogens is 2. The second-order valence-corrected chi connectivity index (χ2v) is 9.40. The molecule has 0 aliphatic carbocycles. The van der Waals surface area contributed by atoms with Crippen LogP contribution in [-0.4, -0.2) is 37.6 Å². The van der Waals surface area contributed by atoms with Gasteiger partial charge in [0.2, 0.25) is 5.95 Å². The second-order valence-electron chi connectivity index (χ2n) is 8.39. The maximum absolute atomic E-state index is 12.7. The summed E-state index contributed by atoms with van der Waals surface area (Å²) in [5.74, 6) is -0.265. The summed E-state index contributed by atoms with van der Waals surface area (Å²) in [5, 5.41) is 3.15. The van der Waals surface area contributed by atoms with Crippen LogP contribution in [0.5, 0.6) is 0 Å². The lowest BCUT2D eigenvalue weighted by Gasteiger charge is -2.18. The van der Waals surface area contributed by atoms with Crippen LogP contribution >= 0.6 is 0 Å². The smallest absolute Gasteiger partial charge is 0.266 e. The Morgan fingerprint density at radius 1 is 0.892 bits per heavy atom. The highest BCUT2D eigenvalue weighted by Gasteiger charge is 2.36. The molecular weight excluding hydrogens is 490 g/mol. The Morgan fingerprint density at radius 3 is 2.22 bits per heavy atom. The summed E-state index contributed by atoms with van der Waals surface area (Å²) < 4.78 is 22.2. The van der Waals surface area contributed by atoms with E-state index in [9.17, 15) is 18.4 Å². The number of anilines is 4. The number of para-hydroxylation sites is 1. The molecule has 10 heteroatoms. The van der Waals surface area contributed by atoms with E-state index in [0.717, 1.165) is 11.3 Å². The third-order valence-corrected chi connectivity index (χ3v) is 6.77. The van der Waals surface area contributed by atoms with Gasteiger partial charge in [-0.1, -0.05) is 30.3 Å². The first-order valence-electron chi connectivity index (χ1n) is 11.5. The van der Waals surface area contributed by atoms with Gasteiger partial charge in [0.15, 0.2) is 0 Å². The van der Waals surface area contributed by atoms with Crippen LogP contribution < -0.4 is 14.5 Å². The lowest BCUT2D eigenvalue weighted by atomic mass is 10.1. The van der Waals surface area contributed by atoms with Crippen LogP contribution in [0.2, 0.25) is 0 Å². The van der Waals surface area contributed by atoms with Crippen molar-refractivity contribution in [1.82, 2.24) is 9.97 Å². The Kier molecular flexibility index (Phi) is 6.76. The van der Waals surface area contributed by atoms with Crippen molar-refractivity contribution in [3.05, 3.63) is 107 Å². The summed E-state index contributed by atoms with van der Waals surface area (Å²) in [4.78, 5) is 35.5. The fourth-order valence-corrected chi connectivity index (χ4v) is 4.56. The van der Waals surface area contributed by atoms with Gasteiger partial charge in [0.05, 0.1) is 22.5 Å². The quantitative estimate of drug-likeness (QED) is 0.265. The van der Waals surface area contributed by atoms with Crippen LogP contribution in [0.15, 0.2) is 85.1 Å². The number of benzene rings is 3. The molecule has 37 heavy (non-hydrogen) atoms. The molecule has 0 fully saturated rings. The summed E-state index contributed by atoms with van der Waals surface area (Å²) in [6, 6.07) is 23.0. The fourth-order valence-electron chi connectivity index (χ4n) is 4.22. The minimum absolute atomic E-state index is 0.338. The van der Waals surface area contributed by atoms with Crippen LogP contribution in [0.4, 0.5) is 23.0 Å². The van der Waals surface area contributed by atoms with Crippen molar-refractivity contribution in [1.29, 1.82) is 0 Å². The van der Waals surface area contributed by atoms with Crippen molar-refractivity contribution < 1.29 is 18.4 Å². The van der Waals surface area contributed by atoms with Crippen molar-refractivity contribution in [3.8, 4) is 0 Å². The van der Waals surface area contributed by atoms with Gasteiger partial charge in [-0.3, -0.25) is 18.4 Å². The number of hydrogen-bond acceptors (Lipinski definition) is 6. The van der Waals surface area contributed by atoms with E-state index in [4.69, 9.17) is 0 Å². The molecule has 186 valence electrons. The minimum Gasteiger partial charge on any atom is -0.324 e. The average molecular weight is 514 g/mol. The summed E-state index contributed by atoms with van der Waals surface area (Å²) in [7, 11) is 1.57. The van der Waals surface area contributed by atoms with Crippen LogP contribution in [0, 0.1) is 0 Å². The number of amides is 2. The molecule has 1 atom stereocenters. The van der Waals surface area contributed by atoms with E-state index >= 15 is 0 Å². The Labute approximate surface area is 216 Å². The molecule has 2 heterocycles. The zero-order valence-electron chi connectivity index (χ0n) is 19.9. The van der Waals surface area contributed by atoms with Crippen LogP contribution in [0.3, 0.4) is 0 Å². The zero-order chi connectivity index (χ0) is 25.9. The third-order valence-electron chi connectivity index (χ3n) is 6.10. The van der Waals surface area contributed by atoms with Gasteiger partial charge in [-0.05, 0) is 66.9 Å². The molecule has 1 aliphatic rings. The number of rotatable bonds is 8. The molecule has 3 aromatic carbocycles. The topological polar surface area (TPSA) is 116 Å². The SMILES string of the molecule is CN(c1ccccc1CCc1ccnc(Nc2ccc(N3C(=O)c4ccccc4C3=O)cc2)n1)S(=O)O. The highest BCUT2D eigenvalue weighted by molar-refractivity contribution is 7.80. The first-order valence-corrected chi connectivity index (χ1v) is 12.6. The molecule has 1 aliphatic heterocycles. The molecule has 0 spiro atoms. The first-order chi connectivity index (χ1) is 17.9. The molecule has 2 amide bonds. The van der Waals surface area contributed by atoms with E-state index in [1.165, 1.54) is 9.21 Å². The molecular formula is C27H23N5O4S. The Morgan fingerprint density at radius 2 is 1.54 bits per heavy atom. The zero-order valence-corrected chi connectivity index (χ0v) is 20.7. The molecule has 0 bridgehead atoms. The van der Waals surface area contributed by atoms with Crippen molar-refractivity contribution in [3.63, 3.8) is 0 Å². The highest BCUT2D eigenvalue weighted by Crippen LogP contribution is 2.29. The number of imide groups is 1. The number of fused-ring (bicyclic) bond motifs is 1. The van der Waals surface area contributed by atoms with Gasteiger partial charge in [0, 0.05) is 24.6 Å². The summed E-state index contributed by atoms with van der Waals surface area (Å²) in [6.45, 7) is 0. The summed E-state index contributed by atoms with van der Waals surface area (Å²) in [6.07, 6.45) is 2.90. The van der Waals surface area contributed by atoms with E-state index < -0.39 is 11.3 Å². The van der Waals surface area contributed by atoms with E-state index in [1.54, 1.807) is 61.8 Å². The number of carbonyl (C=O) groups excluding carboxylic acids is 2. The maximum atomic E-state index is 12.7. The average Bonchev–Trinajstić information content (AvgIpc) is 3.17. The summed E-state index contributed by atoms with van der Waals surface area (Å²) in [5.41, 5.74) is 4.42. The number of carbonyl (C=O) groups is 2. The number of aryl methyl sites for hydroxylation is 2. The predicted octanol–water partition coefficient (Wildman–Crippen LogP) is 4.38. The van der Waals surface area contributed by atoms with E-state index in [2.05, 4.69) is 15.3 Å². The molecule has 5 rings (SSSR count). The van der Waals surface area contributed by atoms with Gasteiger partial charge >= 0.3 is 0 Å². The molecule has 0 saturated carbocycles. The van der Waals surface area contributed by atoms with E-state index in [0.29, 0.717) is 47.0 Å². The lowest BCUT2D eigenvalue weighted by Crippen LogP contribution is -2.29. The van der Waals surface area contributed by atoms with Crippen molar-refractivity contribution in [2.75, 3.05) is 21.6 Å². The largest absolute Gasteiger partial charge is 0.324 e. The van der Waals surface area contributed by atoms with Gasteiger partial charge in [-0.25, -0.2) is 19.1 Å². The number of nitrogens with zero attached hydrogens (tertiary/aromatic N) is 4. The number of hydrogen-bond donors (Lipinski definition) is 2. The Hall–Kier alpha value is -4.41. The van der Waals surface area contributed by atoms with E-state index in [1.807, 2.05) is 30.3 Å². The second kappa shape index (κ2) is 10.3. The third kappa shape index (κ3) is 4.97. The Balaban J connectivity index is 1.26. The predicted molar refractivity (Wildman–Crippen MR) is 142 cm³/mol. The van der Waals surface area contributed by atoms with Gasteiger partial charge < -0.3 is 5.32 Å². The van der Waals surface area contributed by atoms with Gasteiger partial charge in [0.1, 0.15) is 0 Å². The fraction of sp³-hybridized carbons (Fsp3) is 0.111. The monoisotopic (exact) mass is 513 g/mol. The van der Waals surface area contributed by atoms with Gasteiger partial charge in [-0.2, -0.15) is 0 Å². The molecule has 9 nitrogen and oxygen atoms in total. The van der Waals surface area contributed by atoms with Crippen molar-refractivity contribution in [2.24, 2.45) is 0 Å². The van der Waals surface area contributed by atoms with Crippen molar-refractivity contribution in [2.45, 2.75) is 12.8 Å². The van der Waals surface area contributed by atoms with Crippen LogP contribution in [0.1, 0.15) is 32.0 Å². The molecule has 1 aromatic heterocycles. The van der Waals surface area contributed by atoms with Crippen LogP contribution in [0.25, 0.3) is 0 Å². The van der Waals surface area contributed by atoms with Crippen LogP contribution in [-0.2, 0) is 24.1 Å². The standard InChI is InChI=1S/C27H23N5O4S/c1-31(37(35)36)24-9-5-2-6-18(24)10-11-20-16-17-28-27(30-20)29-19-12-14-21(15-13-19)32-25(33)22-7-3-4-8-23(22)26(32)34/h2-9,12-17H,10-11H2,1H3,(H,35,36)(H,28,29,30). The molecule has 0 saturated heterocycles. The maximum Gasteiger partial charge on any atom is 0.266 e. The first kappa shape index (κ1) is 24.3. The minimum atomic E-state index is -2.11. The van der Waals surface area contributed by atoms with E-state index in [-0.39, 0.29) is 11.8 Å².